The standard InChI is InChI=1S/C14H21F3N4/c1-3-5-18-12-7-10(14(15,16)17)8-13(20-12)19-11-4-6-21(2)9-11/h7-8,11H,3-6,9H2,1-2H3,(H2,18,19,20). The maximum atomic E-state index is 13.0. The molecule has 2 heterocycles. The van der Waals surface area contributed by atoms with Gasteiger partial charge in [-0.1, -0.05) is 6.92 Å². The minimum atomic E-state index is -4.37. The van der Waals surface area contributed by atoms with Crippen LogP contribution < -0.4 is 10.6 Å². The van der Waals surface area contributed by atoms with E-state index in [1.165, 1.54) is 0 Å². The summed E-state index contributed by atoms with van der Waals surface area (Å²) in [5.74, 6) is 0.546. The van der Waals surface area contributed by atoms with Crippen LogP contribution >= 0.6 is 0 Å². The third kappa shape index (κ3) is 4.49. The van der Waals surface area contributed by atoms with Gasteiger partial charge in [0.15, 0.2) is 0 Å². The van der Waals surface area contributed by atoms with Crippen molar-refractivity contribution in [2.75, 3.05) is 37.3 Å². The van der Waals surface area contributed by atoms with E-state index in [-0.39, 0.29) is 17.7 Å². The summed E-state index contributed by atoms with van der Waals surface area (Å²) in [5, 5.41) is 6.03. The molecule has 1 aromatic rings. The number of nitrogens with one attached hydrogen (secondary N) is 2. The van der Waals surface area contributed by atoms with Crippen LogP contribution in [0.3, 0.4) is 0 Å². The molecule has 0 bridgehead atoms. The quantitative estimate of drug-likeness (QED) is 0.877. The van der Waals surface area contributed by atoms with Crippen LogP contribution in [-0.2, 0) is 6.18 Å². The fourth-order valence-electron chi connectivity index (χ4n) is 2.37. The average molecular weight is 302 g/mol. The normalized spacial score (nSPS) is 19.8. The van der Waals surface area contributed by atoms with Crippen molar-refractivity contribution in [1.82, 2.24) is 9.88 Å². The fourth-order valence-corrected chi connectivity index (χ4v) is 2.37. The first-order valence-corrected chi connectivity index (χ1v) is 7.16. The molecule has 1 saturated heterocycles. The molecule has 0 saturated carbocycles. The zero-order valence-electron chi connectivity index (χ0n) is 12.3. The van der Waals surface area contributed by atoms with E-state index in [4.69, 9.17) is 0 Å². The molecule has 2 rings (SSSR count). The summed E-state index contributed by atoms with van der Waals surface area (Å²) in [7, 11) is 2.00. The molecule has 0 aliphatic carbocycles. The van der Waals surface area contributed by atoms with E-state index in [1.54, 1.807) is 0 Å². The van der Waals surface area contributed by atoms with Gasteiger partial charge in [0.05, 0.1) is 5.56 Å². The maximum absolute atomic E-state index is 13.0. The highest BCUT2D eigenvalue weighted by Crippen LogP contribution is 2.32. The molecule has 1 atom stereocenters. The molecule has 0 spiro atoms. The van der Waals surface area contributed by atoms with Crippen LogP contribution in [0.2, 0.25) is 0 Å². The van der Waals surface area contributed by atoms with Crippen molar-refractivity contribution in [3.63, 3.8) is 0 Å². The molecule has 0 amide bonds. The van der Waals surface area contributed by atoms with Crippen LogP contribution in [0.1, 0.15) is 25.3 Å². The third-order valence-electron chi connectivity index (χ3n) is 3.45. The Balaban J connectivity index is 2.18. The Labute approximate surface area is 122 Å². The van der Waals surface area contributed by atoms with Gasteiger partial charge in [0.1, 0.15) is 11.6 Å². The van der Waals surface area contributed by atoms with Crippen molar-refractivity contribution in [3.05, 3.63) is 17.7 Å². The Kier molecular flexibility index (Phi) is 4.92. The van der Waals surface area contributed by atoms with Crippen LogP contribution in [0, 0.1) is 0 Å². The van der Waals surface area contributed by atoms with Gasteiger partial charge in [-0.15, -0.1) is 0 Å². The number of nitrogens with zero attached hydrogens (tertiary/aromatic N) is 2. The van der Waals surface area contributed by atoms with Crippen LogP contribution in [-0.4, -0.2) is 42.6 Å². The van der Waals surface area contributed by atoms with E-state index in [2.05, 4.69) is 20.5 Å². The number of rotatable bonds is 5. The molecular formula is C14H21F3N4. The number of alkyl halides is 3. The number of pyridine rings is 1. The van der Waals surface area contributed by atoms with Gasteiger partial charge < -0.3 is 15.5 Å². The molecule has 118 valence electrons. The molecule has 1 fully saturated rings. The summed E-state index contributed by atoms with van der Waals surface area (Å²) in [4.78, 5) is 6.37. The van der Waals surface area contributed by atoms with E-state index >= 15 is 0 Å². The van der Waals surface area contributed by atoms with Crippen LogP contribution in [0.5, 0.6) is 0 Å². The molecule has 4 nitrogen and oxygen atoms in total. The lowest BCUT2D eigenvalue weighted by atomic mass is 10.2. The van der Waals surface area contributed by atoms with Gasteiger partial charge in [-0.05, 0) is 38.6 Å². The summed E-state index contributed by atoms with van der Waals surface area (Å²) >= 11 is 0. The van der Waals surface area contributed by atoms with Gasteiger partial charge in [-0.2, -0.15) is 13.2 Å². The van der Waals surface area contributed by atoms with E-state index in [0.717, 1.165) is 38.1 Å². The van der Waals surface area contributed by atoms with E-state index in [1.807, 2.05) is 14.0 Å². The number of hydrogen-bond acceptors (Lipinski definition) is 4. The Bertz CT molecular complexity index is 476. The molecule has 1 aliphatic heterocycles. The van der Waals surface area contributed by atoms with Gasteiger partial charge in [0, 0.05) is 19.1 Å². The number of likely N-dealkylation sites (tertiary alicyclic amines) is 1. The molecule has 21 heavy (non-hydrogen) atoms. The first-order valence-electron chi connectivity index (χ1n) is 7.16. The molecule has 2 N–H and O–H groups in total. The molecule has 7 heteroatoms. The Morgan fingerprint density at radius 2 is 2.05 bits per heavy atom. The zero-order chi connectivity index (χ0) is 15.5. The van der Waals surface area contributed by atoms with Crippen LogP contribution in [0.4, 0.5) is 24.8 Å². The molecule has 0 aromatic carbocycles. The lowest BCUT2D eigenvalue weighted by molar-refractivity contribution is -0.137. The van der Waals surface area contributed by atoms with Gasteiger partial charge in [0.25, 0.3) is 0 Å². The predicted octanol–water partition coefficient (Wildman–Crippen LogP) is 3.04. The van der Waals surface area contributed by atoms with Crippen molar-refractivity contribution in [2.24, 2.45) is 0 Å². The van der Waals surface area contributed by atoms with E-state index < -0.39 is 11.7 Å². The second kappa shape index (κ2) is 6.51. The minimum Gasteiger partial charge on any atom is -0.370 e. The largest absolute Gasteiger partial charge is 0.416 e. The van der Waals surface area contributed by atoms with Gasteiger partial charge in [0.2, 0.25) is 0 Å². The summed E-state index contributed by atoms with van der Waals surface area (Å²) in [6.07, 6.45) is -2.63. The number of anilines is 2. The van der Waals surface area contributed by atoms with Crippen LogP contribution in [0.25, 0.3) is 0 Å². The third-order valence-corrected chi connectivity index (χ3v) is 3.45. The SMILES string of the molecule is CCCNc1cc(C(F)(F)F)cc(NC2CCN(C)C2)n1. The first kappa shape index (κ1) is 15.9. The van der Waals surface area contributed by atoms with E-state index in [9.17, 15) is 13.2 Å². The van der Waals surface area contributed by atoms with Crippen molar-refractivity contribution in [1.29, 1.82) is 0 Å². The Hall–Kier alpha value is -1.50. The highest BCUT2D eigenvalue weighted by Gasteiger charge is 2.32. The smallest absolute Gasteiger partial charge is 0.370 e. The Morgan fingerprint density at radius 1 is 1.33 bits per heavy atom. The summed E-state index contributed by atoms with van der Waals surface area (Å²) in [6.45, 7) is 4.31. The second-order valence-electron chi connectivity index (χ2n) is 5.44. The van der Waals surface area contributed by atoms with Crippen molar-refractivity contribution < 1.29 is 13.2 Å². The lowest BCUT2D eigenvalue weighted by Crippen LogP contribution is -2.24. The van der Waals surface area contributed by atoms with Gasteiger partial charge in [-0.3, -0.25) is 0 Å². The molecule has 1 aliphatic rings. The number of aromatic nitrogens is 1. The number of halogens is 3. The average Bonchev–Trinajstić information content (AvgIpc) is 2.80. The van der Waals surface area contributed by atoms with Gasteiger partial charge >= 0.3 is 6.18 Å². The maximum Gasteiger partial charge on any atom is 0.416 e. The molecular weight excluding hydrogens is 281 g/mol. The van der Waals surface area contributed by atoms with Gasteiger partial charge in [-0.25, -0.2) is 4.98 Å². The summed E-state index contributed by atoms with van der Waals surface area (Å²) in [6, 6.07) is 2.28. The molecule has 0 radical (unpaired) electrons. The van der Waals surface area contributed by atoms with E-state index in [0.29, 0.717) is 6.54 Å². The van der Waals surface area contributed by atoms with Crippen molar-refractivity contribution >= 4 is 11.6 Å². The summed E-state index contributed by atoms with van der Waals surface area (Å²) in [5.41, 5.74) is -0.676. The van der Waals surface area contributed by atoms with Crippen molar-refractivity contribution in [3.8, 4) is 0 Å². The second-order valence-corrected chi connectivity index (χ2v) is 5.44. The van der Waals surface area contributed by atoms with Crippen molar-refractivity contribution in [2.45, 2.75) is 32.0 Å². The highest BCUT2D eigenvalue weighted by atomic mass is 19.4. The Morgan fingerprint density at radius 3 is 2.62 bits per heavy atom. The number of likely N-dealkylation sites (N-methyl/N-ethyl adjacent to an activating group) is 1. The highest BCUT2D eigenvalue weighted by molar-refractivity contribution is 5.50. The monoisotopic (exact) mass is 302 g/mol. The minimum absolute atomic E-state index is 0.144. The topological polar surface area (TPSA) is 40.2 Å². The molecule has 1 aromatic heterocycles. The lowest BCUT2D eigenvalue weighted by Gasteiger charge is -2.17. The summed E-state index contributed by atoms with van der Waals surface area (Å²) < 4.78 is 38.9. The zero-order valence-corrected chi connectivity index (χ0v) is 12.3. The molecule has 1 unspecified atom stereocenters. The fraction of sp³-hybridized carbons (Fsp3) is 0.643. The first-order chi connectivity index (χ1) is 9.88. The predicted molar refractivity (Wildman–Crippen MR) is 77.5 cm³/mol. The van der Waals surface area contributed by atoms with Crippen LogP contribution in [0.15, 0.2) is 12.1 Å². The number of hydrogen-bond donors (Lipinski definition) is 2.